The van der Waals surface area contributed by atoms with Crippen molar-refractivity contribution in [1.82, 2.24) is 0 Å². The molecule has 1 aromatic rings. The number of hydrogen-bond donors (Lipinski definition) is 0. The molecule has 0 unspecified atom stereocenters. The summed E-state index contributed by atoms with van der Waals surface area (Å²) in [5.74, 6) is 1.25. The summed E-state index contributed by atoms with van der Waals surface area (Å²) in [6, 6.07) is 3.93. The van der Waals surface area contributed by atoms with Crippen LogP contribution in [0.4, 0.5) is 0 Å². The van der Waals surface area contributed by atoms with Crippen LogP contribution in [0.25, 0.3) is 0 Å². The van der Waals surface area contributed by atoms with E-state index in [0.29, 0.717) is 11.5 Å². The molecule has 0 radical (unpaired) electrons. The van der Waals surface area contributed by atoms with Gasteiger partial charge in [-0.25, -0.2) is 0 Å². The maximum atomic E-state index is 12.2. The lowest BCUT2D eigenvalue weighted by molar-refractivity contribution is -0.0721. The van der Waals surface area contributed by atoms with Crippen molar-refractivity contribution in [1.29, 1.82) is 0 Å². The zero-order chi connectivity index (χ0) is 25.7. The van der Waals surface area contributed by atoms with Gasteiger partial charge in [0, 0.05) is 5.56 Å². The Bertz CT molecular complexity index is 877. The molecule has 1 aromatic carbocycles. The van der Waals surface area contributed by atoms with Crippen LogP contribution in [0.5, 0.6) is 11.5 Å². The Morgan fingerprint density at radius 2 is 1.56 bits per heavy atom. The van der Waals surface area contributed by atoms with Crippen LogP contribution in [0.15, 0.2) is 12.1 Å². The average Bonchev–Trinajstić information content (AvgIpc) is 3.28. The highest BCUT2D eigenvalue weighted by Gasteiger charge is 2.42. The molecule has 0 heterocycles. The maximum Gasteiger partial charge on any atom is 0.267 e. The van der Waals surface area contributed by atoms with Gasteiger partial charge >= 0.3 is 0 Å². The van der Waals surface area contributed by atoms with Crippen molar-refractivity contribution in [3.63, 3.8) is 0 Å². The highest BCUT2D eigenvalue weighted by molar-refractivity contribution is 7.86. The molecule has 0 aliphatic heterocycles. The van der Waals surface area contributed by atoms with Crippen LogP contribution in [-0.4, -0.2) is 56.0 Å². The summed E-state index contributed by atoms with van der Waals surface area (Å²) in [6.07, 6.45) is 3.61. The minimum atomic E-state index is -3.64. The Balaban J connectivity index is 2.58. The van der Waals surface area contributed by atoms with E-state index in [1.54, 1.807) is 14.2 Å². The predicted molar refractivity (Wildman–Crippen MR) is 138 cm³/mol. The van der Waals surface area contributed by atoms with E-state index >= 15 is 0 Å². The van der Waals surface area contributed by atoms with Crippen molar-refractivity contribution in [2.24, 2.45) is 0 Å². The maximum absolute atomic E-state index is 12.2. The lowest BCUT2D eigenvalue weighted by Gasteiger charge is -2.42. The van der Waals surface area contributed by atoms with E-state index in [2.05, 4.69) is 33.9 Å². The van der Waals surface area contributed by atoms with E-state index in [-0.39, 0.29) is 23.3 Å². The molecule has 0 spiro atoms. The standard InChI is InChI=1S/C25H44O7SSi/c1-18-22(28-5)16-19(17-23(18)29-6)24(32-34(8,9)25(2,3)4)21(14-15-33(26,27)30-7)31-20-12-10-11-13-20/h16-17,20-21,24H,10-15H2,1-9H3/t21-,24+/m0/s1. The minimum Gasteiger partial charge on any atom is -0.496 e. The first kappa shape index (κ1) is 29.1. The lowest BCUT2D eigenvalue weighted by atomic mass is 9.99. The van der Waals surface area contributed by atoms with Crippen LogP contribution >= 0.6 is 0 Å². The summed E-state index contributed by atoms with van der Waals surface area (Å²) in [6.45, 7) is 12.9. The third-order valence-corrected chi connectivity index (χ3v) is 12.9. The fourth-order valence-electron chi connectivity index (χ4n) is 4.03. The van der Waals surface area contributed by atoms with Gasteiger partial charge in [-0.3, -0.25) is 4.18 Å². The minimum absolute atomic E-state index is 0.0410. The molecule has 0 N–H and O–H groups in total. The molecule has 1 fully saturated rings. The smallest absolute Gasteiger partial charge is 0.267 e. The number of hydrogen-bond acceptors (Lipinski definition) is 7. The number of methoxy groups -OCH3 is 2. The van der Waals surface area contributed by atoms with Gasteiger partial charge in [-0.05, 0) is 62.0 Å². The monoisotopic (exact) mass is 516 g/mol. The molecule has 196 valence electrons. The van der Waals surface area contributed by atoms with Crippen LogP contribution in [0.1, 0.15) is 70.1 Å². The van der Waals surface area contributed by atoms with Gasteiger partial charge in [-0.2, -0.15) is 8.42 Å². The molecule has 1 aliphatic carbocycles. The second-order valence-corrected chi connectivity index (χ2v) is 17.3. The molecule has 1 saturated carbocycles. The molecule has 0 amide bonds. The van der Waals surface area contributed by atoms with Gasteiger partial charge < -0.3 is 18.6 Å². The Morgan fingerprint density at radius 1 is 1.03 bits per heavy atom. The third kappa shape index (κ3) is 7.43. The quantitative estimate of drug-likeness (QED) is 0.258. The SMILES string of the molecule is COc1cc([C@@H](O[Si](C)(C)C(C)(C)C)[C@H](CCS(=O)(=O)OC)OC2CCCC2)cc(OC)c1C. The highest BCUT2D eigenvalue weighted by Crippen LogP contribution is 2.44. The normalized spacial score (nSPS) is 17.6. The van der Waals surface area contributed by atoms with Crippen molar-refractivity contribution in [3.05, 3.63) is 23.3 Å². The van der Waals surface area contributed by atoms with Gasteiger partial charge in [0.15, 0.2) is 8.32 Å². The van der Waals surface area contributed by atoms with Crippen LogP contribution in [-0.2, 0) is 23.5 Å². The fraction of sp³-hybridized carbons (Fsp3) is 0.760. The van der Waals surface area contributed by atoms with E-state index in [9.17, 15) is 8.42 Å². The summed E-state index contributed by atoms with van der Waals surface area (Å²) >= 11 is 0. The average molecular weight is 517 g/mol. The van der Waals surface area contributed by atoms with Crippen molar-refractivity contribution in [2.75, 3.05) is 27.1 Å². The zero-order valence-electron chi connectivity index (χ0n) is 22.4. The molecular formula is C25H44O7SSi. The van der Waals surface area contributed by atoms with Gasteiger partial charge in [-0.1, -0.05) is 33.6 Å². The van der Waals surface area contributed by atoms with Gasteiger partial charge in [-0.15, -0.1) is 0 Å². The highest BCUT2D eigenvalue weighted by atomic mass is 32.2. The van der Waals surface area contributed by atoms with E-state index in [0.717, 1.165) is 36.8 Å². The van der Waals surface area contributed by atoms with Gasteiger partial charge in [0.2, 0.25) is 0 Å². The van der Waals surface area contributed by atoms with Crippen LogP contribution < -0.4 is 9.47 Å². The second-order valence-electron chi connectivity index (χ2n) is 10.6. The number of rotatable bonds is 12. The lowest BCUT2D eigenvalue weighted by Crippen LogP contribution is -2.45. The molecule has 2 rings (SSSR count). The van der Waals surface area contributed by atoms with E-state index in [4.69, 9.17) is 22.8 Å². The zero-order valence-corrected chi connectivity index (χ0v) is 24.2. The van der Waals surface area contributed by atoms with Crippen molar-refractivity contribution >= 4 is 18.4 Å². The first-order chi connectivity index (χ1) is 15.7. The van der Waals surface area contributed by atoms with E-state index < -0.39 is 30.6 Å². The molecule has 9 heteroatoms. The second kappa shape index (κ2) is 11.7. The van der Waals surface area contributed by atoms with Crippen LogP contribution in [0.2, 0.25) is 18.1 Å². The molecule has 2 atom stereocenters. The fourth-order valence-corrected chi connectivity index (χ4v) is 5.99. The predicted octanol–water partition coefficient (Wildman–Crippen LogP) is 5.77. The molecule has 34 heavy (non-hydrogen) atoms. The van der Waals surface area contributed by atoms with Crippen LogP contribution in [0.3, 0.4) is 0 Å². The molecule has 7 nitrogen and oxygen atoms in total. The topological polar surface area (TPSA) is 80.3 Å². The summed E-state index contributed by atoms with van der Waals surface area (Å²) in [5, 5.41) is -0.0410. The van der Waals surface area contributed by atoms with E-state index in [1.807, 2.05) is 19.1 Å². The van der Waals surface area contributed by atoms with E-state index in [1.165, 1.54) is 7.11 Å². The van der Waals surface area contributed by atoms with Crippen molar-refractivity contribution < 1.29 is 31.2 Å². The number of benzene rings is 1. The van der Waals surface area contributed by atoms with Crippen LogP contribution in [0, 0.1) is 6.92 Å². The summed E-state index contributed by atoms with van der Waals surface area (Å²) < 4.78 is 54.1. The molecular weight excluding hydrogens is 472 g/mol. The Kier molecular flexibility index (Phi) is 10.0. The summed E-state index contributed by atoms with van der Waals surface area (Å²) in [5.41, 5.74) is 1.76. The first-order valence-corrected chi connectivity index (χ1v) is 16.6. The Labute approximate surface area is 207 Å². The molecule has 1 aliphatic rings. The summed E-state index contributed by atoms with van der Waals surface area (Å²) in [4.78, 5) is 0. The molecule has 0 aromatic heterocycles. The van der Waals surface area contributed by atoms with Crippen molar-refractivity contribution in [3.8, 4) is 11.5 Å². The summed E-state index contributed by atoms with van der Waals surface area (Å²) in [7, 11) is -1.45. The molecule has 0 saturated heterocycles. The first-order valence-electron chi connectivity index (χ1n) is 12.1. The Morgan fingerprint density at radius 3 is 2.00 bits per heavy atom. The van der Waals surface area contributed by atoms with Gasteiger partial charge in [0.25, 0.3) is 10.1 Å². The number of ether oxygens (including phenoxy) is 3. The Hall–Kier alpha value is -1.13. The molecule has 0 bridgehead atoms. The van der Waals surface area contributed by atoms with Gasteiger partial charge in [0.1, 0.15) is 11.5 Å². The largest absolute Gasteiger partial charge is 0.496 e. The van der Waals surface area contributed by atoms with Gasteiger partial charge in [0.05, 0.1) is 45.4 Å². The third-order valence-electron chi connectivity index (χ3n) is 7.24. The van der Waals surface area contributed by atoms with Crippen molar-refractivity contribution in [2.45, 2.75) is 96.2 Å².